The lowest BCUT2D eigenvalue weighted by molar-refractivity contribution is 0.243. The molecule has 0 radical (unpaired) electrons. The van der Waals surface area contributed by atoms with Gasteiger partial charge in [0.25, 0.3) is 0 Å². The molecule has 0 aromatic carbocycles. The van der Waals surface area contributed by atoms with Crippen LogP contribution in [0.5, 0.6) is 0 Å². The summed E-state index contributed by atoms with van der Waals surface area (Å²) in [4.78, 5) is 4.68. The number of nitrogens with zero attached hydrogens (tertiary/aromatic N) is 3. The smallest absolute Gasteiger partial charge is 0.0866 e. The Morgan fingerprint density at radius 2 is 1.61 bits per heavy atom. The molecular weight excluding hydrogens is 262 g/mol. The quantitative estimate of drug-likeness (QED) is 0.688. The molecular formula is C13H25N3S2. The minimum absolute atomic E-state index is 0.578. The highest BCUT2D eigenvalue weighted by Gasteiger charge is 2.07. The van der Waals surface area contributed by atoms with Crippen LogP contribution in [0.3, 0.4) is 0 Å². The Kier molecular flexibility index (Phi) is 9.86. The van der Waals surface area contributed by atoms with Gasteiger partial charge in [-0.2, -0.15) is 28.8 Å². The van der Waals surface area contributed by atoms with Crippen LogP contribution in [0.4, 0.5) is 0 Å². The van der Waals surface area contributed by atoms with Crippen molar-refractivity contribution < 1.29 is 0 Å². The zero-order valence-electron chi connectivity index (χ0n) is 11.4. The van der Waals surface area contributed by atoms with E-state index < -0.39 is 0 Å². The fraction of sp³-hybridized carbons (Fsp3) is 0.923. The molecule has 0 spiro atoms. The van der Waals surface area contributed by atoms with Crippen molar-refractivity contribution >= 4 is 23.5 Å². The molecule has 0 aromatic rings. The lowest BCUT2D eigenvalue weighted by Gasteiger charge is -2.23. The van der Waals surface area contributed by atoms with Crippen molar-refractivity contribution in [1.29, 1.82) is 5.26 Å². The van der Waals surface area contributed by atoms with E-state index in [-0.39, 0.29) is 0 Å². The lowest BCUT2D eigenvalue weighted by atomic mass is 10.3. The zero-order valence-corrected chi connectivity index (χ0v) is 13.1. The maximum absolute atomic E-state index is 8.84. The van der Waals surface area contributed by atoms with Crippen LogP contribution in [-0.4, -0.2) is 72.6 Å². The van der Waals surface area contributed by atoms with Crippen LogP contribution in [0.25, 0.3) is 0 Å². The minimum Gasteiger partial charge on any atom is -0.305 e. The second-order valence-electron chi connectivity index (χ2n) is 4.67. The molecule has 0 saturated carbocycles. The molecule has 0 amide bonds. The Hall–Kier alpha value is 0.110. The summed E-state index contributed by atoms with van der Waals surface area (Å²) in [5, 5.41) is 8.84. The van der Waals surface area contributed by atoms with Crippen molar-refractivity contribution in [2.75, 3.05) is 62.8 Å². The fourth-order valence-corrected chi connectivity index (χ4v) is 3.96. The highest BCUT2D eigenvalue weighted by atomic mass is 32.2. The van der Waals surface area contributed by atoms with Crippen LogP contribution in [0.1, 0.15) is 12.8 Å². The van der Waals surface area contributed by atoms with E-state index in [0.717, 1.165) is 19.6 Å². The van der Waals surface area contributed by atoms with E-state index in [1.54, 1.807) is 0 Å². The Morgan fingerprint density at radius 1 is 0.944 bits per heavy atom. The van der Waals surface area contributed by atoms with Gasteiger partial charge in [-0.15, -0.1) is 0 Å². The first-order valence-corrected chi connectivity index (χ1v) is 9.07. The van der Waals surface area contributed by atoms with E-state index in [1.807, 2.05) is 0 Å². The summed E-state index contributed by atoms with van der Waals surface area (Å²) in [5.41, 5.74) is 0. The summed E-state index contributed by atoms with van der Waals surface area (Å²) in [7, 11) is 2.19. The van der Waals surface area contributed by atoms with Crippen LogP contribution in [0.15, 0.2) is 0 Å². The SMILES string of the molecule is CN1CCCSCCSCCCN(CC#N)CC1. The molecule has 1 heterocycles. The van der Waals surface area contributed by atoms with Crippen LogP contribution in [-0.2, 0) is 0 Å². The van der Waals surface area contributed by atoms with E-state index in [9.17, 15) is 0 Å². The van der Waals surface area contributed by atoms with Gasteiger partial charge >= 0.3 is 0 Å². The van der Waals surface area contributed by atoms with Gasteiger partial charge in [0.2, 0.25) is 0 Å². The second-order valence-corrected chi connectivity index (χ2v) is 7.12. The summed E-state index contributed by atoms with van der Waals surface area (Å²) in [6.07, 6.45) is 2.49. The Balaban J connectivity index is 2.32. The van der Waals surface area contributed by atoms with Crippen LogP contribution >= 0.6 is 23.5 Å². The van der Waals surface area contributed by atoms with E-state index in [0.29, 0.717) is 6.54 Å². The van der Waals surface area contributed by atoms with Crippen molar-refractivity contribution in [1.82, 2.24) is 9.80 Å². The Morgan fingerprint density at radius 3 is 2.28 bits per heavy atom. The highest BCUT2D eigenvalue weighted by molar-refractivity contribution is 8.02. The average molecular weight is 287 g/mol. The molecule has 1 rings (SSSR count). The van der Waals surface area contributed by atoms with Gasteiger partial charge in [0.1, 0.15) is 0 Å². The number of hydrogen-bond acceptors (Lipinski definition) is 5. The van der Waals surface area contributed by atoms with Gasteiger partial charge in [0, 0.05) is 24.6 Å². The molecule has 0 atom stereocenters. The first-order chi connectivity index (χ1) is 8.83. The number of likely N-dealkylation sites (N-methyl/N-ethyl adjacent to an activating group) is 1. The van der Waals surface area contributed by atoms with Crippen LogP contribution < -0.4 is 0 Å². The van der Waals surface area contributed by atoms with E-state index in [1.165, 1.54) is 42.4 Å². The van der Waals surface area contributed by atoms with E-state index >= 15 is 0 Å². The predicted molar refractivity (Wildman–Crippen MR) is 83.4 cm³/mol. The van der Waals surface area contributed by atoms with Crippen molar-refractivity contribution in [3.05, 3.63) is 0 Å². The summed E-state index contributed by atoms with van der Waals surface area (Å²) in [6, 6.07) is 2.28. The maximum atomic E-state index is 8.84. The van der Waals surface area contributed by atoms with Gasteiger partial charge in [0.05, 0.1) is 12.6 Å². The molecule has 0 aromatic heterocycles. The average Bonchev–Trinajstić information content (AvgIpc) is 2.37. The van der Waals surface area contributed by atoms with Crippen molar-refractivity contribution in [3.63, 3.8) is 0 Å². The topological polar surface area (TPSA) is 30.3 Å². The Labute approximate surface area is 120 Å². The molecule has 5 heteroatoms. The Bertz CT molecular complexity index is 243. The van der Waals surface area contributed by atoms with Crippen LogP contribution in [0, 0.1) is 11.3 Å². The number of nitriles is 1. The molecule has 104 valence electrons. The molecule has 1 saturated heterocycles. The lowest BCUT2D eigenvalue weighted by Crippen LogP contribution is -2.35. The minimum atomic E-state index is 0.578. The third-order valence-electron chi connectivity index (χ3n) is 3.06. The molecule has 0 unspecified atom stereocenters. The van der Waals surface area contributed by atoms with Gasteiger partial charge in [-0.1, -0.05) is 0 Å². The van der Waals surface area contributed by atoms with Gasteiger partial charge < -0.3 is 4.90 Å². The highest BCUT2D eigenvalue weighted by Crippen LogP contribution is 2.10. The summed E-state index contributed by atoms with van der Waals surface area (Å²) in [6.45, 7) is 4.94. The van der Waals surface area contributed by atoms with Gasteiger partial charge in [-0.25, -0.2) is 0 Å². The standard InChI is InChI=1S/C13H25N3S2/c1-15-5-2-10-17-12-13-18-11-3-6-16(7-4-14)9-8-15/h2-3,5-13H2,1H3. The van der Waals surface area contributed by atoms with Crippen LogP contribution in [0.2, 0.25) is 0 Å². The largest absolute Gasteiger partial charge is 0.305 e. The normalized spacial score (nSPS) is 23.1. The number of rotatable bonds is 1. The third-order valence-corrected chi connectivity index (χ3v) is 5.45. The monoisotopic (exact) mass is 287 g/mol. The number of thioether (sulfide) groups is 2. The molecule has 1 aliphatic heterocycles. The molecule has 0 N–H and O–H groups in total. The zero-order chi connectivity index (χ0) is 13.1. The van der Waals surface area contributed by atoms with Gasteiger partial charge in [-0.3, -0.25) is 4.90 Å². The molecule has 0 bridgehead atoms. The first kappa shape index (κ1) is 16.2. The molecule has 1 aliphatic rings. The second kappa shape index (κ2) is 11.0. The maximum Gasteiger partial charge on any atom is 0.0866 e. The molecule has 0 aliphatic carbocycles. The van der Waals surface area contributed by atoms with E-state index in [2.05, 4.69) is 46.4 Å². The molecule has 3 nitrogen and oxygen atoms in total. The van der Waals surface area contributed by atoms with Gasteiger partial charge in [0.15, 0.2) is 0 Å². The van der Waals surface area contributed by atoms with Crippen molar-refractivity contribution in [2.45, 2.75) is 12.8 Å². The summed E-state index contributed by atoms with van der Waals surface area (Å²) in [5.74, 6) is 5.08. The predicted octanol–water partition coefficient (Wildman–Crippen LogP) is 2.00. The van der Waals surface area contributed by atoms with Crippen molar-refractivity contribution in [2.24, 2.45) is 0 Å². The van der Waals surface area contributed by atoms with Gasteiger partial charge in [-0.05, 0) is 44.5 Å². The third kappa shape index (κ3) is 8.25. The van der Waals surface area contributed by atoms with E-state index in [4.69, 9.17) is 5.26 Å². The fourth-order valence-electron chi connectivity index (χ4n) is 1.94. The summed E-state index contributed by atoms with van der Waals surface area (Å²) < 4.78 is 0. The van der Waals surface area contributed by atoms with Crippen molar-refractivity contribution in [3.8, 4) is 6.07 Å². The molecule has 1 fully saturated rings. The first-order valence-electron chi connectivity index (χ1n) is 6.76. The number of hydrogen-bond donors (Lipinski definition) is 0. The molecule has 18 heavy (non-hydrogen) atoms. The summed E-state index contributed by atoms with van der Waals surface area (Å²) >= 11 is 4.15.